The number of aromatic nitrogens is 2. The van der Waals surface area contributed by atoms with Gasteiger partial charge in [0.2, 0.25) is 0 Å². The SMILES string of the molecule is Brc1ccc(-c2nc3ccccc3n2Cc2cccc(Br)c2)cc1. The van der Waals surface area contributed by atoms with Gasteiger partial charge >= 0.3 is 0 Å². The molecule has 0 atom stereocenters. The minimum absolute atomic E-state index is 0.783. The van der Waals surface area contributed by atoms with Crippen LogP contribution in [0.4, 0.5) is 0 Å². The van der Waals surface area contributed by atoms with Gasteiger partial charge < -0.3 is 4.57 Å². The van der Waals surface area contributed by atoms with Crippen molar-refractivity contribution in [2.45, 2.75) is 6.54 Å². The third-order valence-corrected chi connectivity index (χ3v) is 5.01. The first-order chi connectivity index (χ1) is 11.7. The molecule has 4 rings (SSSR count). The van der Waals surface area contributed by atoms with Crippen molar-refractivity contribution in [3.05, 3.63) is 87.3 Å². The molecule has 0 radical (unpaired) electrons. The van der Waals surface area contributed by atoms with Crippen molar-refractivity contribution in [3.63, 3.8) is 0 Å². The van der Waals surface area contributed by atoms with Gasteiger partial charge in [0.05, 0.1) is 11.0 Å². The van der Waals surface area contributed by atoms with E-state index in [1.54, 1.807) is 0 Å². The standard InChI is InChI=1S/C20H14Br2N2/c21-16-10-8-15(9-11-16)20-23-18-6-1-2-7-19(18)24(20)13-14-4-3-5-17(22)12-14/h1-12H,13H2. The van der Waals surface area contributed by atoms with E-state index in [0.717, 1.165) is 37.9 Å². The van der Waals surface area contributed by atoms with Crippen LogP contribution in [0, 0.1) is 0 Å². The van der Waals surface area contributed by atoms with E-state index in [4.69, 9.17) is 4.98 Å². The summed E-state index contributed by atoms with van der Waals surface area (Å²) in [5, 5.41) is 0. The first-order valence-electron chi connectivity index (χ1n) is 7.66. The summed E-state index contributed by atoms with van der Waals surface area (Å²) in [7, 11) is 0. The number of benzene rings is 3. The molecule has 0 bridgehead atoms. The second-order valence-corrected chi connectivity index (χ2v) is 7.48. The van der Waals surface area contributed by atoms with Gasteiger partial charge in [0.15, 0.2) is 0 Å². The van der Waals surface area contributed by atoms with E-state index in [1.807, 2.05) is 12.1 Å². The second kappa shape index (κ2) is 6.54. The lowest BCUT2D eigenvalue weighted by molar-refractivity contribution is 0.834. The summed E-state index contributed by atoms with van der Waals surface area (Å²) in [5.41, 5.74) is 4.52. The fourth-order valence-corrected chi connectivity index (χ4v) is 3.58. The molecular weight excluding hydrogens is 428 g/mol. The van der Waals surface area contributed by atoms with Crippen LogP contribution in [-0.4, -0.2) is 9.55 Å². The van der Waals surface area contributed by atoms with Gasteiger partial charge in [-0.1, -0.05) is 68.3 Å². The maximum atomic E-state index is 4.87. The van der Waals surface area contributed by atoms with E-state index in [9.17, 15) is 0 Å². The molecular formula is C20H14Br2N2. The van der Waals surface area contributed by atoms with Crippen molar-refractivity contribution in [3.8, 4) is 11.4 Å². The number of fused-ring (bicyclic) bond motifs is 1. The highest BCUT2D eigenvalue weighted by molar-refractivity contribution is 9.10. The minimum Gasteiger partial charge on any atom is -0.319 e. The van der Waals surface area contributed by atoms with E-state index in [-0.39, 0.29) is 0 Å². The summed E-state index contributed by atoms with van der Waals surface area (Å²) in [6.07, 6.45) is 0. The number of imidazole rings is 1. The summed E-state index contributed by atoms with van der Waals surface area (Å²) < 4.78 is 4.44. The van der Waals surface area contributed by atoms with Crippen molar-refractivity contribution >= 4 is 42.9 Å². The third-order valence-electron chi connectivity index (χ3n) is 3.99. The van der Waals surface area contributed by atoms with Crippen LogP contribution in [-0.2, 0) is 6.54 Å². The normalized spacial score (nSPS) is 11.1. The van der Waals surface area contributed by atoms with Gasteiger partial charge in [-0.05, 0) is 42.0 Å². The number of rotatable bonds is 3. The van der Waals surface area contributed by atoms with Gasteiger partial charge in [0.25, 0.3) is 0 Å². The average molecular weight is 442 g/mol. The Morgan fingerprint density at radius 1 is 0.792 bits per heavy atom. The quantitative estimate of drug-likeness (QED) is 0.366. The van der Waals surface area contributed by atoms with Gasteiger partial charge in [0, 0.05) is 21.1 Å². The highest BCUT2D eigenvalue weighted by Crippen LogP contribution is 2.27. The molecule has 0 aliphatic rings. The lowest BCUT2D eigenvalue weighted by Gasteiger charge is -2.10. The highest BCUT2D eigenvalue weighted by Gasteiger charge is 2.12. The molecule has 0 unspecified atom stereocenters. The Labute approximate surface area is 157 Å². The molecule has 0 amide bonds. The highest BCUT2D eigenvalue weighted by atomic mass is 79.9. The Morgan fingerprint density at radius 3 is 2.38 bits per heavy atom. The van der Waals surface area contributed by atoms with Crippen LogP contribution in [0.3, 0.4) is 0 Å². The molecule has 0 spiro atoms. The van der Waals surface area contributed by atoms with Gasteiger partial charge in [-0.2, -0.15) is 0 Å². The van der Waals surface area contributed by atoms with Gasteiger partial charge in [-0.3, -0.25) is 0 Å². The molecule has 0 N–H and O–H groups in total. The number of nitrogens with zero attached hydrogens (tertiary/aromatic N) is 2. The molecule has 0 aliphatic heterocycles. The predicted octanol–water partition coefficient (Wildman–Crippen LogP) is 6.28. The predicted molar refractivity (Wildman–Crippen MR) is 106 cm³/mol. The molecule has 4 heteroatoms. The molecule has 118 valence electrons. The van der Waals surface area contributed by atoms with Crippen molar-refractivity contribution in [2.75, 3.05) is 0 Å². The first kappa shape index (κ1) is 15.6. The van der Waals surface area contributed by atoms with E-state index < -0.39 is 0 Å². The average Bonchev–Trinajstić information content (AvgIpc) is 2.94. The monoisotopic (exact) mass is 440 g/mol. The summed E-state index contributed by atoms with van der Waals surface area (Å²) in [6, 6.07) is 25.0. The molecule has 1 aromatic heterocycles. The smallest absolute Gasteiger partial charge is 0.141 e. The fraction of sp³-hybridized carbons (Fsp3) is 0.0500. The molecule has 24 heavy (non-hydrogen) atoms. The number of para-hydroxylation sites is 2. The maximum absolute atomic E-state index is 4.87. The van der Waals surface area contributed by atoms with Crippen LogP contribution in [0.2, 0.25) is 0 Å². The zero-order valence-corrected chi connectivity index (χ0v) is 16.0. The maximum Gasteiger partial charge on any atom is 0.141 e. The second-order valence-electron chi connectivity index (χ2n) is 5.65. The molecule has 0 aliphatic carbocycles. The summed E-state index contributed by atoms with van der Waals surface area (Å²) >= 11 is 7.06. The zero-order chi connectivity index (χ0) is 16.5. The first-order valence-corrected chi connectivity index (χ1v) is 9.25. The van der Waals surface area contributed by atoms with Crippen molar-refractivity contribution < 1.29 is 0 Å². The molecule has 0 saturated heterocycles. The van der Waals surface area contributed by atoms with Crippen LogP contribution in [0.15, 0.2) is 81.7 Å². The Hall–Kier alpha value is -1.91. The van der Waals surface area contributed by atoms with Gasteiger partial charge in [-0.15, -0.1) is 0 Å². The van der Waals surface area contributed by atoms with Crippen molar-refractivity contribution in [2.24, 2.45) is 0 Å². The third kappa shape index (κ3) is 3.04. The van der Waals surface area contributed by atoms with Gasteiger partial charge in [-0.25, -0.2) is 4.98 Å². The summed E-state index contributed by atoms with van der Waals surface area (Å²) in [5.74, 6) is 0.990. The summed E-state index contributed by atoms with van der Waals surface area (Å²) in [4.78, 5) is 4.87. The van der Waals surface area contributed by atoms with Gasteiger partial charge in [0.1, 0.15) is 5.82 Å². The van der Waals surface area contributed by atoms with Crippen molar-refractivity contribution in [1.82, 2.24) is 9.55 Å². The van der Waals surface area contributed by atoms with E-state index in [1.165, 1.54) is 5.56 Å². The van der Waals surface area contributed by atoms with Crippen LogP contribution < -0.4 is 0 Å². The van der Waals surface area contributed by atoms with E-state index in [2.05, 4.69) is 97.1 Å². The number of halogens is 2. The van der Waals surface area contributed by atoms with Crippen LogP contribution >= 0.6 is 31.9 Å². The lowest BCUT2D eigenvalue weighted by Crippen LogP contribution is -2.02. The largest absolute Gasteiger partial charge is 0.319 e. The van der Waals surface area contributed by atoms with Crippen LogP contribution in [0.25, 0.3) is 22.4 Å². The Kier molecular flexibility index (Phi) is 4.25. The number of hydrogen-bond acceptors (Lipinski definition) is 1. The summed E-state index contributed by atoms with van der Waals surface area (Å²) in [6.45, 7) is 0.783. The van der Waals surface area contributed by atoms with E-state index in [0.29, 0.717) is 0 Å². The van der Waals surface area contributed by atoms with Crippen LogP contribution in [0.1, 0.15) is 5.56 Å². The molecule has 2 nitrogen and oxygen atoms in total. The Morgan fingerprint density at radius 2 is 1.58 bits per heavy atom. The van der Waals surface area contributed by atoms with E-state index >= 15 is 0 Å². The lowest BCUT2D eigenvalue weighted by atomic mass is 10.2. The molecule has 1 heterocycles. The molecule has 0 saturated carbocycles. The van der Waals surface area contributed by atoms with Crippen molar-refractivity contribution in [1.29, 1.82) is 0 Å². The Balaban J connectivity index is 1.88. The zero-order valence-electron chi connectivity index (χ0n) is 12.8. The minimum atomic E-state index is 0.783. The topological polar surface area (TPSA) is 17.8 Å². The molecule has 0 fully saturated rings. The van der Waals surface area contributed by atoms with Crippen LogP contribution in [0.5, 0.6) is 0 Å². The Bertz CT molecular complexity index is 1000. The fourth-order valence-electron chi connectivity index (χ4n) is 2.87. The molecule has 4 aromatic rings. The molecule has 3 aromatic carbocycles. The number of hydrogen-bond donors (Lipinski definition) is 0.